The second-order valence-corrected chi connectivity index (χ2v) is 2.32. The molecule has 0 aliphatic rings. The van der Waals surface area contributed by atoms with Crippen LogP contribution in [0.25, 0.3) is 0 Å². The molecule has 0 aromatic heterocycles. The van der Waals surface area contributed by atoms with E-state index in [9.17, 15) is 4.79 Å². The molecule has 0 aliphatic heterocycles. The lowest BCUT2D eigenvalue weighted by Gasteiger charge is -2.09. The van der Waals surface area contributed by atoms with Crippen LogP contribution in [0.4, 0.5) is 4.79 Å². The minimum atomic E-state index is -1.00. The Labute approximate surface area is 66.5 Å². The molecule has 0 heterocycles. The fourth-order valence-electron chi connectivity index (χ4n) is 0.536. The molecular weight excluding hydrogens is 146 g/mol. The normalized spacial score (nSPS) is 12.5. The number of amides is 1. The molecule has 11 heavy (non-hydrogen) atoms. The maximum absolute atomic E-state index is 9.95. The molecule has 0 saturated heterocycles. The van der Waals surface area contributed by atoms with E-state index < -0.39 is 6.09 Å². The van der Waals surface area contributed by atoms with Crippen molar-refractivity contribution in [3.63, 3.8) is 0 Å². The van der Waals surface area contributed by atoms with Crippen LogP contribution < -0.4 is 5.32 Å². The molecule has 2 N–H and O–H groups in total. The molecule has 0 radical (unpaired) electrons. The third kappa shape index (κ3) is 7.12. The molecule has 0 rings (SSSR count). The van der Waals surface area contributed by atoms with Crippen LogP contribution in [0, 0.1) is 0 Å². The zero-order chi connectivity index (χ0) is 8.69. The van der Waals surface area contributed by atoms with Crippen molar-refractivity contribution in [3.8, 4) is 0 Å². The molecule has 4 heteroatoms. The molecule has 1 unspecified atom stereocenters. The predicted molar refractivity (Wildman–Crippen MR) is 41.7 cm³/mol. The van der Waals surface area contributed by atoms with Gasteiger partial charge >= 0.3 is 6.09 Å². The standard InChI is InChI=1S/C7H15NO3/c1-3-6(2)11-5-4-8-7(9)10/h6,8H,3-5H2,1-2H3,(H,9,10). The van der Waals surface area contributed by atoms with Crippen molar-refractivity contribution in [3.05, 3.63) is 0 Å². The van der Waals surface area contributed by atoms with E-state index in [2.05, 4.69) is 5.32 Å². The SMILES string of the molecule is CCC(C)OCCNC(=O)O. The minimum Gasteiger partial charge on any atom is -0.465 e. The molecule has 0 spiro atoms. The Morgan fingerprint density at radius 1 is 1.73 bits per heavy atom. The van der Waals surface area contributed by atoms with Crippen molar-refractivity contribution in [2.24, 2.45) is 0 Å². The second kappa shape index (κ2) is 5.97. The molecular formula is C7H15NO3. The second-order valence-electron chi connectivity index (χ2n) is 2.32. The van der Waals surface area contributed by atoms with Gasteiger partial charge in [-0.25, -0.2) is 4.79 Å². The average Bonchev–Trinajstić information content (AvgIpc) is 1.97. The highest BCUT2D eigenvalue weighted by molar-refractivity contribution is 5.64. The van der Waals surface area contributed by atoms with Crippen LogP contribution in [0.2, 0.25) is 0 Å². The number of carbonyl (C=O) groups is 1. The maximum Gasteiger partial charge on any atom is 0.404 e. The summed E-state index contributed by atoms with van der Waals surface area (Å²) in [6.45, 7) is 4.79. The Morgan fingerprint density at radius 2 is 2.36 bits per heavy atom. The molecule has 0 aromatic carbocycles. The molecule has 0 saturated carbocycles. The van der Waals surface area contributed by atoms with Crippen molar-refractivity contribution in [2.45, 2.75) is 26.4 Å². The lowest BCUT2D eigenvalue weighted by atomic mass is 10.3. The van der Waals surface area contributed by atoms with Crippen LogP contribution in [0.3, 0.4) is 0 Å². The summed E-state index contributed by atoms with van der Waals surface area (Å²) in [5.74, 6) is 0. The first-order valence-electron chi connectivity index (χ1n) is 3.75. The van der Waals surface area contributed by atoms with E-state index in [0.29, 0.717) is 13.2 Å². The van der Waals surface area contributed by atoms with Gasteiger partial charge in [-0.3, -0.25) is 0 Å². The van der Waals surface area contributed by atoms with E-state index in [1.807, 2.05) is 13.8 Å². The summed E-state index contributed by atoms with van der Waals surface area (Å²) in [7, 11) is 0. The maximum atomic E-state index is 9.95. The van der Waals surface area contributed by atoms with Gasteiger partial charge in [0.2, 0.25) is 0 Å². The largest absolute Gasteiger partial charge is 0.465 e. The van der Waals surface area contributed by atoms with Crippen LogP contribution in [0.1, 0.15) is 20.3 Å². The lowest BCUT2D eigenvalue weighted by Crippen LogP contribution is -2.26. The third-order valence-electron chi connectivity index (χ3n) is 1.36. The van der Waals surface area contributed by atoms with Crippen molar-refractivity contribution >= 4 is 6.09 Å². The average molecular weight is 161 g/mol. The van der Waals surface area contributed by atoms with Crippen molar-refractivity contribution in [1.82, 2.24) is 5.32 Å². The Morgan fingerprint density at radius 3 is 2.82 bits per heavy atom. The van der Waals surface area contributed by atoms with Gasteiger partial charge in [0, 0.05) is 6.54 Å². The van der Waals surface area contributed by atoms with Gasteiger partial charge in [-0.2, -0.15) is 0 Å². The van der Waals surface area contributed by atoms with E-state index in [4.69, 9.17) is 9.84 Å². The molecule has 1 atom stereocenters. The summed E-state index contributed by atoms with van der Waals surface area (Å²) < 4.78 is 5.22. The molecule has 0 bridgehead atoms. The zero-order valence-electron chi connectivity index (χ0n) is 6.96. The fourth-order valence-corrected chi connectivity index (χ4v) is 0.536. The minimum absolute atomic E-state index is 0.214. The van der Waals surface area contributed by atoms with Crippen molar-refractivity contribution < 1.29 is 14.6 Å². The number of carboxylic acid groups (broad SMARTS) is 1. The lowest BCUT2D eigenvalue weighted by molar-refractivity contribution is 0.0654. The van der Waals surface area contributed by atoms with Gasteiger partial charge in [0.05, 0.1) is 12.7 Å². The molecule has 0 fully saturated rings. The Bertz CT molecular complexity index is 116. The first kappa shape index (κ1) is 10.2. The molecule has 0 aromatic rings. The summed E-state index contributed by atoms with van der Waals surface area (Å²) in [5, 5.41) is 10.4. The van der Waals surface area contributed by atoms with E-state index >= 15 is 0 Å². The number of hydrogen-bond acceptors (Lipinski definition) is 2. The summed E-state index contributed by atoms with van der Waals surface area (Å²) in [4.78, 5) is 9.95. The summed E-state index contributed by atoms with van der Waals surface area (Å²) in [5.41, 5.74) is 0. The van der Waals surface area contributed by atoms with E-state index in [1.54, 1.807) is 0 Å². The zero-order valence-corrected chi connectivity index (χ0v) is 6.96. The fraction of sp³-hybridized carbons (Fsp3) is 0.857. The monoisotopic (exact) mass is 161 g/mol. The number of ether oxygens (including phenoxy) is 1. The number of rotatable bonds is 5. The van der Waals surface area contributed by atoms with Gasteiger partial charge in [-0.1, -0.05) is 6.92 Å². The smallest absolute Gasteiger partial charge is 0.404 e. The predicted octanol–water partition coefficient (Wildman–Crippen LogP) is 1.07. The van der Waals surface area contributed by atoms with Crippen LogP contribution in [0.5, 0.6) is 0 Å². The van der Waals surface area contributed by atoms with Gasteiger partial charge < -0.3 is 15.2 Å². The molecule has 1 amide bonds. The molecule has 0 aliphatic carbocycles. The van der Waals surface area contributed by atoms with Gasteiger partial charge in [0.25, 0.3) is 0 Å². The topological polar surface area (TPSA) is 58.6 Å². The Balaban J connectivity index is 3.08. The van der Waals surface area contributed by atoms with E-state index in [-0.39, 0.29) is 6.10 Å². The van der Waals surface area contributed by atoms with E-state index in [1.165, 1.54) is 0 Å². The molecule has 4 nitrogen and oxygen atoms in total. The third-order valence-corrected chi connectivity index (χ3v) is 1.36. The first-order chi connectivity index (χ1) is 5.16. The van der Waals surface area contributed by atoms with Crippen molar-refractivity contribution in [2.75, 3.05) is 13.2 Å². The highest BCUT2D eigenvalue weighted by atomic mass is 16.5. The van der Waals surface area contributed by atoms with Gasteiger partial charge in [0.1, 0.15) is 0 Å². The highest BCUT2D eigenvalue weighted by Gasteiger charge is 1.97. The van der Waals surface area contributed by atoms with Crippen LogP contribution >= 0.6 is 0 Å². The molecule has 66 valence electrons. The highest BCUT2D eigenvalue weighted by Crippen LogP contribution is 1.93. The van der Waals surface area contributed by atoms with Gasteiger partial charge in [0.15, 0.2) is 0 Å². The quantitative estimate of drug-likeness (QED) is 0.593. The summed E-state index contributed by atoms with van der Waals surface area (Å²) >= 11 is 0. The Kier molecular flexibility index (Phi) is 5.56. The Hall–Kier alpha value is -0.770. The number of nitrogens with one attached hydrogen (secondary N) is 1. The summed E-state index contributed by atoms with van der Waals surface area (Å²) in [6.07, 6.45) is 0.163. The van der Waals surface area contributed by atoms with E-state index in [0.717, 1.165) is 6.42 Å². The van der Waals surface area contributed by atoms with Crippen molar-refractivity contribution in [1.29, 1.82) is 0 Å². The summed E-state index contributed by atoms with van der Waals surface area (Å²) in [6, 6.07) is 0. The van der Waals surface area contributed by atoms with Crippen LogP contribution in [0.15, 0.2) is 0 Å². The van der Waals surface area contributed by atoms with Crippen LogP contribution in [-0.2, 0) is 4.74 Å². The first-order valence-corrected chi connectivity index (χ1v) is 3.75. The van der Waals surface area contributed by atoms with Gasteiger partial charge in [-0.05, 0) is 13.3 Å². The van der Waals surface area contributed by atoms with Gasteiger partial charge in [-0.15, -0.1) is 0 Å². The van der Waals surface area contributed by atoms with Crippen LogP contribution in [-0.4, -0.2) is 30.5 Å². The number of hydrogen-bond donors (Lipinski definition) is 2.